The van der Waals surface area contributed by atoms with Crippen LogP contribution in [0.15, 0.2) is 24.3 Å². The quantitative estimate of drug-likeness (QED) is 0.114. The van der Waals surface area contributed by atoms with Crippen molar-refractivity contribution in [2.45, 2.75) is 210 Å². The van der Waals surface area contributed by atoms with Crippen LogP contribution in [0.25, 0.3) is 10.8 Å². The Hall–Kier alpha value is -3.74. The molecule has 74 heavy (non-hydrogen) atoms. The van der Waals surface area contributed by atoms with Crippen molar-refractivity contribution in [3.63, 3.8) is 0 Å². The average Bonchev–Trinajstić information content (AvgIpc) is 3.31. The summed E-state index contributed by atoms with van der Waals surface area (Å²) in [7, 11) is 0. The van der Waals surface area contributed by atoms with Gasteiger partial charge in [-0.3, -0.25) is 19.2 Å². The van der Waals surface area contributed by atoms with E-state index in [4.69, 9.17) is 18.9 Å². The van der Waals surface area contributed by atoms with Gasteiger partial charge in [0.05, 0.1) is 23.7 Å². The largest absolute Gasteiger partial charge is 0.426 e. The number of piperidine rings is 4. The normalized spacial score (nSPS) is 30.2. The molecule has 4 fully saturated rings. The Morgan fingerprint density at radius 1 is 0.324 bits per heavy atom. The van der Waals surface area contributed by atoms with Crippen LogP contribution in [0.3, 0.4) is 0 Å². The first-order valence-electron chi connectivity index (χ1n) is 27.9. The summed E-state index contributed by atoms with van der Waals surface area (Å²) in [6, 6.07) is 2.50. The van der Waals surface area contributed by atoms with Crippen molar-refractivity contribution < 1.29 is 59.0 Å². The van der Waals surface area contributed by atoms with Crippen LogP contribution < -0.4 is 18.9 Å². The zero-order chi connectivity index (χ0) is 54.9. The van der Waals surface area contributed by atoms with Crippen LogP contribution >= 0.6 is 0 Å². The smallest absolute Gasteiger partial charge is 0.314 e. The van der Waals surface area contributed by atoms with E-state index in [0.717, 1.165) is 20.3 Å². The standard InChI is InChI=1S/C58H88N4O12/c1-29(2)45-17-37(18-46(30(3)4)59(45)67)55(63)71-41-25-43-44(53(27-41)73-57(65)39-21-49(33(9)10)61(69)50(22-39)34(11)12)26-42(72-56(64)38-19-47(31(5)6)60(68)48(20-38)32(7)8)28-54(43)74-58(66)40-23-51(35(13)14)62(70)52(24-40)36(15)16/h25-40,45-52H,17-24H2,1-16H3. The van der Waals surface area contributed by atoms with E-state index in [1.807, 2.05) is 111 Å². The fraction of sp³-hybridized carbons (Fsp3) is 0.759. The highest BCUT2D eigenvalue weighted by Gasteiger charge is 2.46. The molecule has 0 bridgehead atoms. The van der Waals surface area contributed by atoms with Gasteiger partial charge in [-0.25, -0.2) is 0 Å². The Labute approximate surface area is 441 Å². The third-order valence-corrected chi connectivity index (χ3v) is 17.1. The summed E-state index contributed by atoms with van der Waals surface area (Å²) < 4.78 is 25.3. The van der Waals surface area contributed by atoms with Gasteiger partial charge in [0.2, 0.25) is 0 Å². The molecule has 0 aliphatic carbocycles. The van der Waals surface area contributed by atoms with Crippen LogP contribution in [-0.2, 0) is 40.0 Å². The highest BCUT2D eigenvalue weighted by molar-refractivity contribution is 5.99. The van der Waals surface area contributed by atoms with E-state index in [-0.39, 0.29) is 132 Å². The Morgan fingerprint density at radius 3 is 0.676 bits per heavy atom. The molecule has 16 nitrogen and oxygen atoms in total. The predicted octanol–water partition coefficient (Wildman–Crippen LogP) is 10.9. The van der Waals surface area contributed by atoms with E-state index in [1.165, 1.54) is 12.1 Å². The molecule has 4 aliphatic heterocycles. The van der Waals surface area contributed by atoms with Crippen LogP contribution in [0, 0.1) is 71.0 Å². The van der Waals surface area contributed by atoms with Gasteiger partial charge in [0, 0.05) is 71.2 Å². The predicted molar refractivity (Wildman–Crippen MR) is 276 cm³/mol. The number of hydrogen-bond donors (Lipinski definition) is 0. The minimum Gasteiger partial charge on any atom is -0.426 e. The number of fused-ring (bicyclic) bond motifs is 1. The maximum atomic E-state index is 14.7. The number of carbonyl (C=O) groups is 4. The van der Waals surface area contributed by atoms with Crippen molar-refractivity contribution in [3.05, 3.63) is 24.3 Å². The number of ether oxygens (including phenoxy) is 4. The number of nitrogens with zero attached hydrogens (tertiary/aromatic N) is 4. The second-order valence-electron chi connectivity index (χ2n) is 25.2. The molecule has 0 spiro atoms. The van der Waals surface area contributed by atoms with E-state index >= 15 is 0 Å². The molecule has 16 heteroatoms. The van der Waals surface area contributed by atoms with Crippen LogP contribution in [0.5, 0.6) is 23.0 Å². The summed E-state index contributed by atoms with van der Waals surface area (Å²) in [6.45, 7) is 31.3. The van der Waals surface area contributed by atoms with E-state index in [0.29, 0.717) is 0 Å². The summed E-state index contributed by atoms with van der Waals surface area (Å²) in [5, 5.41) is 59.2. The van der Waals surface area contributed by atoms with Crippen LogP contribution in [0.2, 0.25) is 0 Å². The van der Waals surface area contributed by atoms with Crippen molar-refractivity contribution in [2.75, 3.05) is 0 Å². The maximum Gasteiger partial charge on any atom is 0.314 e. The number of benzene rings is 2. The highest BCUT2D eigenvalue weighted by atomic mass is 16.6. The van der Waals surface area contributed by atoms with E-state index < -0.39 is 95.9 Å². The van der Waals surface area contributed by atoms with Gasteiger partial charge in [-0.05, 0) is 111 Å². The van der Waals surface area contributed by atoms with Crippen LogP contribution in [-0.4, -0.2) is 92.5 Å². The highest BCUT2D eigenvalue weighted by Crippen LogP contribution is 2.45. The lowest BCUT2D eigenvalue weighted by Gasteiger charge is -2.42. The molecule has 0 aromatic heterocycles. The second kappa shape index (κ2) is 24.7. The third kappa shape index (κ3) is 13.3. The van der Waals surface area contributed by atoms with E-state index in [2.05, 4.69) is 0 Å². The van der Waals surface area contributed by atoms with Gasteiger partial charge in [-0.15, -0.1) is 41.1 Å². The van der Waals surface area contributed by atoms with E-state index in [1.54, 1.807) is 12.1 Å². The Kier molecular flexibility index (Phi) is 19.9. The number of carbonyl (C=O) groups excluding carboxylic acids is 4. The van der Waals surface area contributed by atoms with Crippen molar-refractivity contribution in [3.8, 4) is 23.0 Å². The summed E-state index contributed by atoms with van der Waals surface area (Å²) in [5.74, 6) is -5.40. The van der Waals surface area contributed by atoms with Crippen molar-refractivity contribution in [2.24, 2.45) is 71.0 Å². The first-order chi connectivity index (χ1) is 34.6. The summed E-state index contributed by atoms with van der Waals surface area (Å²) in [5.41, 5.74) is 0. The molecule has 0 saturated carbocycles. The maximum absolute atomic E-state index is 14.7. The number of rotatable bonds is 16. The lowest BCUT2D eigenvalue weighted by molar-refractivity contribution is -0.253. The van der Waals surface area contributed by atoms with Gasteiger partial charge < -0.3 is 18.9 Å². The summed E-state index contributed by atoms with van der Waals surface area (Å²) >= 11 is 0. The van der Waals surface area contributed by atoms with Crippen molar-refractivity contribution >= 4 is 34.6 Å². The van der Waals surface area contributed by atoms with Gasteiger partial charge in [0.25, 0.3) is 0 Å². The van der Waals surface area contributed by atoms with Gasteiger partial charge in [-0.2, -0.15) is 0 Å². The fourth-order valence-electron chi connectivity index (χ4n) is 12.2. The lowest BCUT2D eigenvalue weighted by atomic mass is 9.80. The fourth-order valence-corrected chi connectivity index (χ4v) is 12.2. The molecule has 412 valence electrons. The Balaban J connectivity index is 1.49. The second-order valence-corrected chi connectivity index (χ2v) is 25.2. The molecular weight excluding hydrogens is 945 g/mol. The summed E-state index contributed by atoms with van der Waals surface area (Å²) in [4.78, 5) is 58.2. The van der Waals surface area contributed by atoms with Crippen molar-refractivity contribution in [1.29, 1.82) is 0 Å². The number of hydroxylamine groups is 8. The summed E-state index contributed by atoms with van der Waals surface area (Å²) in [6.07, 6.45) is 2.13. The molecule has 6 rings (SSSR count). The van der Waals surface area contributed by atoms with Gasteiger partial charge in [0.15, 0.2) is 0 Å². The zero-order valence-corrected chi connectivity index (χ0v) is 47.2. The zero-order valence-electron chi connectivity index (χ0n) is 47.2. The van der Waals surface area contributed by atoms with Gasteiger partial charge >= 0.3 is 23.9 Å². The lowest BCUT2D eigenvalue weighted by Crippen LogP contribution is -2.52. The van der Waals surface area contributed by atoms with Gasteiger partial charge in [0.1, 0.15) is 23.0 Å². The molecule has 0 N–H and O–H groups in total. The Bertz CT molecular complexity index is 2040. The number of esters is 4. The van der Waals surface area contributed by atoms with Crippen molar-refractivity contribution in [1.82, 2.24) is 20.3 Å². The molecule has 4 saturated heterocycles. The monoisotopic (exact) mass is 1030 g/mol. The van der Waals surface area contributed by atoms with Crippen LogP contribution in [0.4, 0.5) is 0 Å². The first kappa shape index (κ1) is 59.5. The molecule has 0 amide bonds. The first-order valence-corrected chi connectivity index (χ1v) is 27.9. The molecule has 8 atom stereocenters. The third-order valence-electron chi connectivity index (χ3n) is 17.1. The number of hydrogen-bond acceptors (Lipinski definition) is 12. The molecular formula is C58H88N4O12. The SMILES string of the molecule is CC(C)C1CC(C(=O)Oc2cc(OC(=O)C3CC(C(C)C)N([O])C(C(C)C)C3)c3cc(OC(=O)C4CC(C(C)C)N([O])C(C(C)C)C4)cc(OC(=O)C4CC(C(C)C)N([O])C(C(C)C)C4)c3c2)CC(C(C)C)N1[O]. The molecule has 4 aliphatic rings. The average molecular weight is 1030 g/mol. The molecule has 2 aromatic rings. The molecule has 4 heterocycles. The minimum atomic E-state index is -0.679. The minimum absolute atomic E-state index is 0.00295. The van der Waals surface area contributed by atoms with Crippen LogP contribution in [0.1, 0.15) is 162 Å². The molecule has 2 aromatic carbocycles. The van der Waals surface area contributed by atoms with E-state index in [9.17, 15) is 40.0 Å². The topological polar surface area (TPSA) is 198 Å². The Morgan fingerprint density at radius 2 is 0.500 bits per heavy atom. The molecule has 4 radical (unpaired) electrons. The molecule has 8 unspecified atom stereocenters. The van der Waals surface area contributed by atoms with Gasteiger partial charge in [-0.1, -0.05) is 111 Å².